The second kappa shape index (κ2) is 8.30. The average molecular weight is 354 g/mol. The first-order valence-corrected chi connectivity index (χ1v) is 8.25. The van der Waals surface area contributed by atoms with E-state index < -0.39 is 11.9 Å². The van der Waals surface area contributed by atoms with E-state index in [9.17, 15) is 9.18 Å². The molecule has 0 saturated carbocycles. The molecule has 0 saturated heterocycles. The topological polar surface area (TPSA) is 98.7 Å². The quantitative estimate of drug-likeness (QED) is 0.673. The number of hydrogen-bond acceptors (Lipinski definition) is 5. The normalized spacial score (nSPS) is 11.9. The number of carbonyl (C=O) groups excluding carboxylic acids is 1. The van der Waals surface area contributed by atoms with Crippen LogP contribution in [0.1, 0.15) is 34.2 Å². The highest BCUT2D eigenvalue weighted by Gasteiger charge is 2.21. The van der Waals surface area contributed by atoms with E-state index >= 15 is 0 Å². The Hall–Kier alpha value is -3.13. The van der Waals surface area contributed by atoms with Crippen molar-refractivity contribution in [1.29, 1.82) is 0 Å². The fourth-order valence-electron chi connectivity index (χ4n) is 2.53. The smallest absolute Gasteiger partial charge is 0.274 e. The monoisotopic (exact) mass is 354 g/mol. The van der Waals surface area contributed by atoms with E-state index in [1.54, 1.807) is 41.3 Å². The lowest BCUT2D eigenvalue weighted by molar-refractivity contribution is 0.0937. The first-order valence-electron chi connectivity index (χ1n) is 8.25. The molecule has 7 nitrogen and oxygen atoms in total. The van der Waals surface area contributed by atoms with E-state index in [0.717, 1.165) is 6.42 Å². The van der Waals surface area contributed by atoms with Crippen LogP contribution in [-0.2, 0) is 6.54 Å². The summed E-state index contributed by atoms with van der Waals surface area (Å²) in [6.07, 6.45) is 3.92. The van der Waals surface area contributed by atoms with Gasteiger partial charge in [0.15, 0.2) is 5.69 Å². The molecule has 0 aliphatic rings. The van der Waals surface area contributed by atoms with Crippen LogP contribution in [0.4, 0.5) is 4.39 Å². The molecule has 1 atom stereocenters. The van der Waals surface area contributed by atoms with Crippen LogP contribution in [-0.4, -0.2) is 32.4 Å². The molecule has 26 heavy (non-hydrogen) atoms. The van der Waals surface area contributed by atoms with Gasteiger partial charge in [-0.05, 0) is 42.8 Å². The molecule has 2 aromatic heterocycles. The first kappa shape index (κ1) is 17.7. The van der Waals surface area contributed by atoms with Gasteiger partial charge in [-0.1, -0.05) is 23.4 Å². The summed E-state index contributed by atoms with van der Waals surface area (Å²) in [5.74, 6) is -0.797. The van der Waals surface area contributed by atoms with Gasteiger partial charge in [-0.25, -0.2) is 4.39 Å². The molecule has 0 bridgehead atoms. The predicted octanol–water partition coefficient (Wildman–Crippen LogP) is 1.68. The summed E-state index contributed by atoms with van der Waals surface area (Å²) in [6.45, 7) is 1.12. The van der Waals surface area contributed by atoms with Crippen molar-refractivity contribution < 1.29 is 9.18 Å². The maximum Gasteiger partial charge on any atom is 0.274 e. The number of amides is 1. The van der Waals surface area contributed by atoms with Crippen LogP contribution in [0.5, 0.6) is 0 Å². The Morgan fingerprint density at radius 3 is 2.88 bits per heavy atom. The zero-order valence-electron chi connectivity index (χ0n) is 14.0. The molecular formula is C18H19FN6O. The molecular weight excluding hydrogens is 335 g/mol. The van der Waals surface area contributed by atoms with Crippen LogP contribution in [0, 0.1) is 5.82 Å². The third kappa shape index (κ3) is 4.28. The number of hydrogen-bond donors (Lipinski definition) is 2. The number of nitrogens with two attached hydrogens (primary N) is 1. The summed E-state index contributed by atoms with van der Waals surface area (Å²) < 4.78 is 15.2. The van der Waals surface area contributed by atoms with Gasteiger partial charge in [0.05, 0.1) is 17.9 Å². The minimum Gasteiger partial charge on any atom is -0.338 e. The number of nitrogens with one attached hydrogen (secondary N) is 1. The second-order valence-electron chi connectivity index (χ2n) is 5.73. The van der Waals surface area contributed by atoms with Gasteiger partial charge in [-0.3, -0.25) is 14.5 Å². The van der Waals surface area contributed by atoms with E-state index in [0.29, 0.717) is 24.3 Å². The molecule has 0 aliphatic carbocycles. The van der Waals surface area contributed by atoms with E-state index in [1.807, 2.05) is 6.07 Å². The van der Waals surface area contributed by atoms with Gasteiger partial charge in [0.25, 0.3) is 5.91 Å². The zero-order valence-corrected chi connectivity index (χ0v) is 14.0. The second-order valence-corrected chi connectivity index (χ2v) is 5.73. The largest absolute Gasteiger partial charge is 0.338 e. The van der Waals surface area contributed by atoms with Crippen molar-refractivity contribution in [3.8, 4) is 0 Å². The number of pyridine rings is 1. The number of aromatic nitrogens is 4. The van der Waals surface area contributed by atoms with Crippen molar-refractivity contribution >= 4 is 5.91 Å². The Morgan fingerprint density at radius 2 is 2.15 bits per heavy atom. The Morgan fingerprint density at radius 1 is 1.27 bits per heavy atom. The van der Waals surface area contributed by atoms with Crippen LogP contribution in [0.25, 0.3) is 0 Å². The van der Waals surface area contributed by atoms with Crippen LogP contribution in [0.15, 0.2) is 54.9 Å². The number of nitrogens with zero attached hydrogens (tertiary/aromatic N) is 4. The van der Waals surface area contributed by atoms with Gasteiger partial charge < -0.3 is 11.1 Å². The minimum atomic E-state index is -0.603. The predicted molar refractivity (Wildman–Crippen MR) is 93.6 cm³/mol. The van der Waals surface area contributed by atoms with Gasteiger partial charge in [-0.2, -0.15) is 0 Å². The molecule has 0 radical (unpaired) electrons. The van der Waals surface area contributed by atoms with Gasteiger partial charge in [0, 0.05) is 12.7 Å². The maximum absolute atomic E-state index is 13.7. The molecule has 0 spiro atoms. The fraction of sp³-hybridized carbons (Fsp3) is 0.222. The fourth-order valence-corrected chi connectivity index (χ4v) is 2.53. The van der Waals surface area contributed by atoms with E-state index in [-0.39, 0.29) is 11.5 Å². The molecule has 0 fully saturated rings. The molecule has 1 unspecified atom stereocenters. The number of benzene rings is 1. The van der Waals surface area contributed by atoms with Crippen molar-refractivity contribution in [2.24, 2.45) is 5.73 Å². The van der Waals surface area contributed by atoms with Crippen molar-refractivity contribution in [1.82, 2.24) is 25.3 Å². The van der Waals surface area contributed by atoms with Crippen LogP contribution in [0.3, 0.4) is 0 Å². The minimum absolute atomic E-state index is 0.180. The lowest BCUT2D eigenvalue weighted by atomic mass is 10.0. The zero-order chi connectivity index (χ0) is 18.4. The van der Waals surface area contributed by atoms with Crippen LogP contribution in [0.2, 0.25) is 0 Å². The molecule has 0 aliphatic heterocycles. The van der Waals surface area contributed by atoms with E-state index in [1.165, 1.54) is 12.1 Å². The van der Waals surface area contributed by atoms with Gasteiger partial charge in [-0.15, -0.1) is 5.10 Å². The van der Waals surface area contributed by atoms with Crippen molar-refractivity contribution in [3.63, 3.8) is 0 Å². The summed E-state index contributed by atoms with van der Waals surface area (Å²) in [6, 6.07) is 10.8. The van der Waals surface area contributed by atoms with Crippen molar-refractivity contribution in [2.75, 3.05) is 6.54 Å². The summed E-state index contributed by atoms with van der Waals surface area (Å²) >= 11 is 0. The Kier molecular flexibility index (Phi) is 5.65. The highest BCUT2D eigenvalue weighted by Crippen LogP contribution is 2.21. The van der Waals surface area contributed by atoms with E-state index in [4.69, 9.17) is 5.73 Å². The highest BCUT2D eigenvalue weighted by molar-refractivity contribution is 5.92. The molecule has 3 N–H and O–H groups in total. The molecule has 3 rings (SSSR count). The lowest BCUT2D eigenvalue weighted by Gasteiger charge is -2.18. The summed E-state index contributed by atoms with van der Waals surface area (Å²) in [5, 5.41) is 10.7. The molecule has 2 heterocycles. The standard InChI is InChI=1S/C18H19FN6O/c19-14-6-3-5-13(11-14)17(15-7-1-2-9-21-15)22-18(26)16-12-25(24-23-16)10-4-8-20/h1-3,5-7,9,11-12,17H,4,8,10,20H2,(H,22,26). The molecule has 1 aromatic carbocycles. The third-order valence-corrected chi connectivity index (χ3v) is 3.80. The van der Waals surface area contributed by atoms with Crippen molar-refractivity contribution in [2.45, 2.75) is 19.0 Å². The molecule has 8 heteroatoms. The number of aryl methyl sites for hydroxylation is 1. The van der Waals surface area contributed by atoms with Crippen LogP contribution < -0.4 is 11.1 Å². The summed E-state index contributed by atoms with van der Waals surface area (Å²) in [4.78, 5) is 16.9. The SMILES string of the molecule is NCCCn1cc(C(=O)NC(c2cccc(F)c2)c2ccccn2)nn1. The molecule has 3 aromatic rings. The first-order chi connectivity index (χ1) is 12.7. The summed E-state index contributed by atoms with van der Waals surface area (Å²) in [5.41, 5.74) is 6.84. The third-order valence-electron chi connectivity index (χ3n) is 3.80. The van der Waals surface area contributed by atoms with Gasteiger partial charge in [0.1, 0.15) is 5.82 Å². The lowest BCUT2D eigenvalue weighted by Crippen LogP contribution is -2.30. The number of rotatable bonds is 7. The Bertz CT molecular complexity index is 867. The van der Waals surface area contributed by atoms with Gasteiger partial charge >= 0.3 is 0 Å². The Labute approximate surface area is 150 Å². The van der Waals surface area contributed by atoms with Crippen LogP contribution >= 0.6 is 0 Å². The highest BCUT2D eigenvalue weighted by atomic mass is 19.1. The molecule has 1 amide bonds. The van der Waals surface area contributed by atoms with Crippen molar-refractivity contribution in [3.05, 3.63) is 77.6 Å². The average Bonchev–Trinajstić information content (AvgIpc) is 3.14. The number of carbonyl (C=O) groups is 1. The summed E-state index contributed by atoms with van der Waals surface area (Å²) in [7, 11) is 0. The molecule has 134 valence electrons. The van der Waals surface area contributed by atoms with E-state index in [2.05, 4.69) is 20.6 Å². The maximum atomic E-state index is 13.7. The Balaban J connectivity index is 1.84. The van der Waals surface area contributed by atoms with Gasteiger partial charge in [0.2, 0.25) is 0 Å². The number of halogens is 1.